The van der Waals surface area contributed by atoms with E-state index in [9.17, 15) is 8.78 Å². The van der Waals surface area contributed by atoms with E-state index in [1.54, 1.807) is 0 Å². The maximum Gasteiger partial charge on any atom is 0.387 e. The van der Waals surface area contributed by atoms with E-state index >= 15 is 0 Å². The van der Waals surface area contributed by atoms with E-state index in [2.05, 4.69) is 14.8 Å². The van der Waals surface area contributed by atoms with Crippen molar-refractivity contribution in [3.63, 3.8) is 0 Å². The molecule has 0 aliphatic carbocycles. The van der Waals surface area contributed by atoms with Crippen molar-refractivity contribution in [2.24, 2.45) is 15.9 Å². The summed E-state index contributed by atoms with van der Waals surface area (Å²) in [4.78, 5) is 3.93. The molecule has 0 atom stereocenters. The Kier molecular flexibility index (Phi) is 5.02. The molecule has 0 aliphatic rings. The van der Waals surface area contributed by atoms with Crippen LogP contribution in [0.3, 0.4) is 0 Å². The van der Waals surface area contributed by atoms with Crippen molar-refractivity contribution in [3.8, 4) is 5.75 Å². The summed E-state index contributed by atoms with van der Waals surface area (Å²) in [5.41, 5.74) is 0.708. The van der Waals surface area contributed by atoms with Gasteiger partial charge in [0.15, 0.2) is 0 Å². The van der Waals surface area contributed by atoms with Gasteiger partial charge < -0.3 is 15.7 Å². The molecule has 5 nitrogen and oxygen atoms in total. The predicted molar refractivity (Wildman–Crippen MR) is 59.9 cm³/mol. The molecule has 0 saturated carbocycles. The van der Waals surface area contributed by atoms with E-state index in [0.29, 0.717) is 5.69 Å². The lowest BCUT2D eigenvalue weighted by molar-refractivity contribution is -0.0498. The van der Waals surface area contributed by atoms with Crippen molar-refractivity contribution >= 4 is 17.6 Å². The summed E-state index contributed by atoms with van der Waals surface area (Å²) in [6.07, 6.45) is 1.28. The van der Waals surface area contributed by atoms with Gasteiger partial charge in [0.2, 0.25) is 0 Å². The molecule has 0 heterocycles. The maximum absolute atomic E-state index is 11.9. The SMILES string of the molecule is NN=C(C=Nc1ccc(OC(F)F)cc1)CO. The Bertz CT molecular complexity index is 405. The highest BCUT2D eigenvalue weighted by atomic mass is 19.3. The number of hydrazone groups is 1. The number of nitrogens with two attached hydrogens (primary N) is 1. The molecule has 0 saturated heterocycles. The Balaban J connectivity index is 2.68. The maximum atomic E-state index is 11.9. The Labute approximate surface area is 96.2 Å². The number of aliphatic imine (C=N–C) groups is 1. The van der Waals surface area contributed by atoms with Gasteiger partial charge in [0.1, 0.15) is 11.5 Å². The van der Waals surface area contributed by atoms with Crippen molar-refractivity contribution in [1.29, 1.82) is 0 Å². The second kappa shape index (κ2) is 6.54. The third kappa shape index (κ3) is 4.56. The number of hydrogen-bond acceptors (Lipinski definition) is 5. The molecule has 7 heteroatoms. The average Bonchev–Trinajstić information content (AvgIpc) is 2.32. The Morgan fingerprint density at radius 3 is 2.53 bits per heavy atom. The number of alkyl halides is 2. The third-order valence-corrected chi connectivity index (χ3v) is 1.75. The summed E-state index contributed by atoms with van der Waals surface area (Å²) in [5.74, 6) is 5.01. The van der Waals surface area contributed by atoms with Gasteiger partial charge >= 0.3 is 6.61 Å². The van der Waals surface area contributed by atoms with Crippen LogP contribution in [0.2, 0.25) is 0 Å². The number of hydrogen-bond donors (Lipinski definition) is 2. The largest absolute Gasteiger partial charge is 0.435 e. The van der Waals surface area contributed by atoms with Crippen LogP contribution in [-0.2, 0) is 0 Å². The van der Waals surface area contributed by atoms with E-state index < -0.39 is 6.61 Å². The van der Waals surface area contributed by atoms with Gasteiger partial charge in [-0.3, -0.25) is 4.99 Å². The van der Waals surface area contributed by atoms with Gasteiger partial charge in [0, 0.05) is 0 Å². The van der Waals surface area contributed by atoms with Crippen LogP contribution in [0.25, 0.3) is 0 Å². The van der Waals surface area contributed by atoms with Crippen LogP contribution in [0.4, 0.5) is 14.5 Å². The first-order chi connectivity index (χ1) is 8.15. The first-order valence-corrected chi connectivity index (χ1v) is 4.62. The number of aliphatic hydroxyl groups excluding tert-OH is 1. The summed E-state index contributed by atoms with van der Waals surface area (Å²) in [6.45, 7) is -3.18. The number of nitrogens with zero attached hydrogens (tertiary/aromatic N) is 2. The molecule has 0 spiro atoms. The average molecular weight is 243 g/mol. The fraction of sp³-hybridized carbons (Fsp3) is 0.200. The van der Waals surface area contributed by atoms with E-state index in [-0.39, 0.29) is 18.1 Å². The Morgan fingerprint density at radius 2 is 2.06 bits per heavy atom. The van der Waals surface area contributed by atoms with Crippen LogP contribution in [0, 0.1) is 0 Å². The van der Waals surface area contributed by atoms with Crippen molar-refractivity contribution in [2.45, 2.75) is 6.61 Å². The van der Waals surface area contributed by atoms with Gasteiger partial charge in [0.25, 0.3) is 0 Å². The third-order valence-electron chi connectivity index (χ3n) is 1.75. The van der Waals surface area contributed by atoms with Crippen LogP contribution in [0.15, 0.2) is 34.4 Å². The van der Waals surface area contributed by atoms with E-state index in [0.717, 1.165) is 0 Å². The summed E-state index contributed by atoms with van der Waals surface area (Å²) in [5, 5.41) is 12.0. The minimum atomic E-state index is -2.85. The van der Waals surface area contributed by atoms with Crippen molar-refractivity contribution in [2.75, 3.05) is 6.61 Å². The van der Waals surface area contributed by atoms with E-state index in [1.807, 2.05) is 0 Å². The molecule has 1 rings (SSSR count). The number of aliphatic hydroxyl groups is 1. The van der Waals surface area contributed by atoms with Crippen molar-refractivity contribution < 1.29 is 18.6 Å². The zero-order valence-electron chi connectivity index (χ0n) is 8.75. The predicted octanol–water partition coefficient (Wildman–Crippen LogP) is 1.30. The molecule has 0 fully saturated rings. The molecule has 0 aromatic heterocycles. The molecule has 0 aliphatic heterocycles. The normalized spacial score (nSPS) is 12.4. The van der Waals surface area contributed by atoms with Crippen LogP contribution >= 0.6 is 0 Å². The Morgan fingerprint density at radius 1 is 1.41 bits per heavy atom. The van der Waals surface area contributed by atoms with E-state index in [4.69, 9.17) is 10.9 Å². The van der Waals surface area contributed by atoms with Crippen molar-refractivity contribution in [3.05, 3.63) is 24.3 Å². The van der Waals surface area contributed by atoms with Gasteiger partial charge in [0.05, 0.1) is 18.5 Å². The molecular formula is C10H11F2N3O2. The summed E-state index contributed by atoms with van der Waals surface area (Å²) < 4.78 is 27.9. The highest BCUT2D eigenvalue weighted by Crippen LogP contribution is 2.19. The fourth-order valence-corrected chi connectivity index (χ4v) is 0.978. The molecule has 0 amide bonds. The zero-order valence-corrected chi connectivity index (χ0v) is 8.75. The lowest BCUT2D eigenvalue weighted by Gasteiger charge is -2.03. The monoisotopic (exact) mass is 243 g/mol. The van der Waals surface area contributed by atoms with Gasteiger partial charge in [-0.1, -0.05) is 0 Å². The number of ether oxygens (including phenoxy) is 1. The first-order valence-electron chi connectivity index (χ1n) is 4.62. The summed E-state index contributed by atoms with van der Waals surface area (Å²) in [6, 6.07) is 5.69. The van der Waals surface area contributed by atoms with Crippen LogP contribution in [0.5, 0.6) is 5.75 Å². The molecular weight excluding hydrogens is 232 g/mol. The van der Waals surface area contributed by atoms with E-state index in [1.165, 1.54) is 30.5 Å². The van der Waals surface area contributed by atoms with Crippen LogP contribution < -0.4 is 10.6 Å². The summed E-state index contributed by atoms with van der Waals surface area (Å²) in [7, 11) is 0. The molecule has 1 aromatic rings. The molecule has 0 radical (unpaired) electrons. The minimum absolute atomic E-state index is 0.0498. The zero-order chi connectivity index (χ0) is 12.7. The van der Waals surface area contributed by atoms with Crippen LogP contribution in [-0.4, -0.2) is 30.3 Å². The lowest BCUT2D eigenvalue weighted by atomic mass is 10.3. The standard InChI is InChI=1S/C10H11F2N3O2/c11-10(12)17-9-3-1-7(2-4-9)14-5-8(6-16)15-13/h1-5,10,16H,6,13H2. The number of halogens is 2. The van der Waals surface area contributed by atoms with Gasteiger partial charge in [-0.2, -0.15) is 13.9 Å². The molecule has 1 aromatic carbocycles. The molecule has 0 bridgehead atoms. The number of rotatable bonds is 5. The Hall–Kier alpha value is -2.02. The van der Waals surface area contributed by atoms with Crippen molar-refractivity contribution in [1.82, 2.24) is 0 Å². The molecule has 17 heavy (non-hydrogen) atoms. The quantitative estimate of drug-likeness (QED) is 0.464. The molecule has 92 valence electrons. The lowest BCUT2D eigenvalue weighted by Crippen LogP contribution is -2.08. The molecule has 3 N–H and O–H groups in total. The first kappa shape index (κ1) is 13.0. The fourth-order valence-electron chi connectivity index (χ4n) is 0.978. The highest BCUT2D eigenvalue weighted by molar-refractivity contribution is 6.31. The minimum Gasteiger partial charge on any atom is -0.435 e. The number of benzene rings is 1. The second-order valence-corrected chi connectivity index (χ2v) is 2.91. The smallest absolute Gasteiger partial charge is 0.387 e. The second-order valence-electron chi connectivity index (χ2n) is 2.91. The topological polar surface area (TPSA) is 80.2 Å². The van der Waals surface area contributed by atoms with Gasteiger partial charge in [-0.25, -0.2) is 0 Å². The van der Waals surface area contributed by atoms with Crippen LogP contribution in [0.1, 0.15) is 0 Å². The molecule has 0 unspecified atom stereocenters. The summed E-state index contributed by atoms with van der Waals surface area (Å²) >= 11 is 0. The van der Waals surface area contributed by atoms with Gasteiger partial charge in [-0.05, 0) is 24.3 Å². The highest BCUT2D eigenvalue weighted by Gasteiger charge is 2.03. The van der Waals surface area contributed by atoms with Gasteiger partial charge in [-0.15, -0.1) is 0 Å².